The van der Waals surface area contributed by atoms with Crippen molar-refractivity contribution in [1.29, 1.82) is 0 Å². The summed E-state index contributed by atoms with van der Waals surface area (Å²) in [7, 11) is 0. The average Bonchev–Trinajstić information content (AvgIpc) is 2.87. The molecule has 0 amide bonds. The van der Waals surface area contributed by atoms with E-state index in [-0.39, 0.29) is 32.7 Å². The molecule has 0 spiro atoms. The van der Waals surface area contributed by atoms with E-state index >= 15 is 0 Å². The Kier molecular flexibility index (Phi) is 14.8. The van der Waals surface area contributed by atoms with Crippen molar-refractivity contribution in [2.45, 2.75) is 61.8 Å². The summed E-state index contributed by atoms with van der Waals surface area (Å²) in [6, 6.07) is 0. The number of ether oxygens (including phenoxy) is 1. The van der Waals surface area contributed by atoms with E-state index in [1.54, 1.807) is 11.1 Å². The zero-order valence-corrected chi connectivity index (χ0v) is 19.4. The maximum absolute atomic E-state index is 5.31. The molecule has 0 aromatic heterocycles. The van der Waals surface area contributed by atoms with Crippen molar-refractivity contribution in [1.82, 2.24) is 0 Å². The summed E-state index contributed by atoms with van der Waals surface area (Å²) < 4.78 is 5.31. The fourth-order valence-electron chi connectivity index (χ4n) is 2.44. The molecule has 0 bridgehead atoms. The molecule has 0 saturated carbocycles. The molecule has 0 N–H and O–H groups in total. The summed E-state index contributed by atoms with van der Waals surface area (Å²) in [6.07, 6.45) is 8.99. The van der Waals surface area contributed by atoms with Crippen molar-refractivity contribution >= 4 is 0 Å². The van der Waals surface area contributed by atoms with Crippen LogP contribution in [0, 0.1) is 36.7 Å². The molecule has 1 nitrogen and oxygen atoms in total. The van der Waals surface area contributed by atoms with Gasteiger partial charge in [0.05, 0.1) is 0 Å². The Morgan fingerprint density at radius 2 is 1.65 bits per heavy atom. The zero-order valence-electron chi connectivity index (χ0n) is 16.6. The summed E-state index contributed by atoms with van der Waals surface area (Å²) in [5.74, 6) is 3.21. The first kappa shape index (κ1) is 25.4. The van der Waals surface area contributed by atoms with Crippen molar-refractivity contribution in [2.75, 3.05) is 6.61 Å². The Morgan fingerprint density at radius 1 is 1.09 bits per heavy atom. The Balaban J connectivity index is 0. The minimum Gasteiger partial charge on any atom is -0.566 e. The van der Waals surface area contributed by atoms with Gasteiger partial charge in [0.2, 0.25) is 0 Å². The summed E-state index contributed by atoms with van der Waals surface area (Å²) in [5, 5.41) is 0. The van der Waals surface area contributed by atoms with Crippen LogP contribution in [0.1, 0.15) is 61.8 Å². The standard InChI is InChI=1S/C11H18.C10H18O.Y/c1-8(2)10-6-5-7-11(10)9(3)4;1-6-11-10(9(4)5)7-8(2)3;/h5-6,8-9H,7H2,1-4H3;8-9H,1,6H2,2-5H3;/q;-2;. The fourth-order valence-corrected chi connectivity index (χ4v) is 2.44. The van der Waals surface area contributed by atoms with Gasteiger partial charge in [0, 0.05) is 32.7 Å². The van der Waals surface area contributed by atoms with E-state index in [9.17, 15) is 0 Å². The van der Waals surface area contributed by atoms with Crippen molar-refractivity contribution in [3.05, 3.63) is 42.1 Å². The molecule has 0 heterocycles. The normalized spacial score (nSPS) is 14.6. The van der Waals surface area contributed by atoms with E-state index in [1.165, 1.54) is 6.42 Å². The first-order valence-corrected chi connectivity index (χ1v) is 8.65. The average molecular weight is 393 g/mol. The molecule has 0 aromatic carbocycles. The fraction of sp³-hybridized carbons (Fsp3) is 0.667. The predicted molar refractivity (Wildman–Crippen MR) is 98.2 cm³/mol. The molecule has 1 rings (SSSR count). The first-order chi connectivity index (χ1) is 10.2. The van der Waals surface area contributed by atoms with Crippen molar-refractivity contribution in [3.8, 4) is 0 Å². The smallest absolute Gasteiger partial charge is 0 e. The van der Waals surface area contributed by atoms with Crippen LogP contribution in [0.15, 0.2) is 29.1 Å². The van der Waals surface area contributed by atoms with E-state index < -0.39 is 0 Å². The van der Waals surface area contributed by atoms with E-state index in [2.05, 4.69) is 80.5 Å². The van der Waals surface area contributed by atoms with Gasteiger partial charge in [-0.1, -0.05) is 78.9 Å². The van der Waals surface area contributed by atoms with E-state index in [4.69, 9.17) is 4.74 Å². The molecule has 0 unspecified atom stereocenters. The minimum absolute atomic E-state index is 0. The SMILES string of the molecule is CC(C)C1=C(C(C)C)CC=C1.[CH2-]COC(=[C-]C(C)C)C(C)C.[Y]. The molecule has 0 atom stereocenters. The van der Waals surface area contributed by atoms with E-state index in [0.717, 1.165) is 11.7 Å². The molecular formula is C21H36OY-2. The van der Waals surface area contributed by atoms with Crippen LogP contribution in [0.5, 0.6) is 0 Å². The minimum atomic E-state index is 0. The molecule has 23 heavy (non-hydrogen) atoms. The molecule has 1 radical (unpaired) electrons. The van der Waals surface area contributed by atoms with Crippen LogP contribution in [0.2, 0.25) is 0 Å². The largest absolute Gasteiger partial charge is 0.566 e. The molecule has 0 fully saturated rings. The van der Waals surface area contributed by atoms with Crippen LogP contribution in [0.4, 0.5) is 0 Å². The number of rotatable bonds is 6. The molecular weight excluding hydrogens is 357 g/mol. The van der Waals surface area contributed by atoms with Gasteiger partial charge < -0.3 is 17.7 Å². The third-order valence-electron chi connectivity index (χ3n) is 3.54. The summed E-state index contributed by atoms with van der Waals surface area (Å²) in [5.41, 5.74) is 3.21. The quantitative estimate of drug-likeness (QED) is 0.375. The molecule has 2 heteroatoms. The third-order valence-corrected chi connectivity index (χ3v) is 3.54. The van der Waals surface area contributed by atoms with Crippen LogP contribution in [-0.4, -0.2) is 6.61 Å². The van der Waals surface area contributed by atoms with Crippen molar-refractivity contribution in [2.24, 2.45) is 23.7 Å². The summed E-state index contributed by atoms with van der Waals surface area (Å²) in [6.45, 7) is 21.6. The van der Waals surface area contributed by atoms with Crippen LogP contribution in [-0.2, 0) is 37.4 Å². The number of hydrogen-bond acceptors (Lipinski definition) is 1. The van der Waals surface area contributed by atoms with Gasteiger partial charge in [-0.15, -0.1) is 0 Å². The Bertz CT molecular complexity index is 398. The molecule has 1 aliphatic rings. The van der Waals surface area contributed by atoms with Gasteiger partial charge in [-0.25, -0.2) is 0 Å². The molecule has 0 aromatic rings. The second-order valence-corrected chi connectivity index (χ2v) is 7.06. The number of allylic oxidation sites excluding steroid dienone is 6. The summed E-state index contributed by atoms with van der Waals surface area (Å²) in [4.78, 5) is 0. The molecule has 1 aliphatic carbocycles. The van der Waals surface area contributed by atoms with E-state index in [0.29, 0.717) is 24.4 Å². The monoisotopic (exact) mass is 393 g/mol. The van der Waals surface area contributed by atoms with Gasteiger partial charge >= 0.3 is 0 Å². The second kappa shape index (κ2) is 13.4. The third kappa shape index (κ3) is 10.6. The topological polar surface area (TPSA) is 9.23 Å². The molecule has 131 valence electrons. The van der Waals surface area contributed by atoms with Crippen molar-refractivity contribution < 1.29 is 37.4 Å². The van der Waals surface area contributed by atoms with Crippen molar-refractivity contribution in [3.63, 3.8) is 0 Å². The zero-order chi connectivity index (χ0) is 17.3. The Hall–Kier alpha value is 0.124. The Labute approximate surface area is 170 Å². The summed E-state index contributed by atoms with van der Waals surface area (Å²) >= 11 is 0. The second-order valence-electron chi connectivity index (χ2n) is 7.06. The van der Waals surface area contributed by atoms with Gasteiger partial charge in [0.25, 0.3) is 0 Å². The van der Waals surface area contributed by atoms with Gasteiger partial charge in [0.1, 0.15) is 0 Å². The number of hydrogen-bond donors (Lipinski definition) is 0. The maximum atomic E-state index is 5.31. The Morgan fingerprint density at radius 3 is 1.96 bits per heavy atom. The predicted octanol–water partition coefficient (Wildman–Crippen LogP) is 6.39. The van der Waals surface area contributed by atoms with Gasteiger partial charge in [0.15, 0.2) is 0 Å². The first-order valence-electron chi connectivity index (χ1n) is 8.65. The maximum Gasteiger partial charge on any atom is 0 e. The van der Waals surface area contributed by atoms with Gasteiger partial charge in [-0.2, -0.15) is 5.92 Å². The van der Waals surface area contributed by atoms with Crippen LogP contribution in [0.25, 0.3) is 0 Å². The van der Waals surface area contributed by atoms with Crippen LogP contribution in [0.3, 0.4) is 0 Å². The molecule has 0 aliphatic heterocycles. The van der Waals surface area contributed by atoms with Gasteiger partial charge in [-0.3, -0.25) is 0 Å². The van der Waals surface area contributed by atoms with Crippen LogP contribution >= 0.6 is 0 Å². The van der Waals surface area contributed by atoms with E-state index in [1.807, 2.05) is 0 Å². The molecule has 0 saturated heterocycles. The van der Waals surface area contributed by atoms with Gasteiger partial charge in [-0.05, 0) is 36.4 Å². The van der Waals surface area contributed by atoms with Crippen LogP contribution < -0.4 is 0 Å².